The minimum absolute atomic E-state index is 0. The van der Waals surface area contributed by atoms with Crippen molar-refractivity contribution in [3.8, 4) is 5.75 Å². The van der Waals surface area contributed by atoms with Crippen molar-refractivity contribution >= 4 is 0 Å². The SMILES string of the molecule is [CH2-]c1cc(C(C)(C)C)c(O)c(C(C)(C)C)c1.[Na+]. The van der Waals surface area contributed by atoms with Crippen LogP contribution in [0.25, 0.3) is 0 Å². The molecule has 0 aromatic heterocycles. The summed E-state index contributed by atoms with van der Waals surface area (Å²) < 4.78 is 0. The van der Waals surface area contributed by atoms with Crippen molar-refractivity contribution in [3.63, 3.8) is 0 Å². The Bertz CT molecular complexity index is 359. The number of hydrogen-bond acceptors (Lipinski definition) is 1. The summed E-state index contributed by atoms with van der Waals surface area (Å²) in [5.74, 6) is 0.424. The van der Waals surface area contributed by atoms with Gasteiger partial charge in [0.2, 0.25) is 0 Å². The molecule has 90 valence electrons. The fraction of sp³-hybridized carbons (Fsp3) is 0.533. The molecule has 0 heterocycles. The number of aromatic hydroxyl groups is 1. The van der Waals surface area contributed by atoms with Gasteiger partial charge in [0.1, 0.15) is 0 Å². The third kappa shape index (κ3) is 3.94. The molecule has 1 rings (SSSR count). The molecule has 1 N–H and O–H groups in total. The molecule has 17 heavy (non-hydrogen) atoms. The van der Waals surface area contributed by atoms with Gasteiger partial charge in [0.15, 0.2) is 0 Å². The molecular formula is C15H23NaO. The Morgan fingerprint density at radius 1 is 0.882 bits per heavy atom. The van der Waals surface area contributed by atoms with Crippen LogP contribution in [0.15, 0.2) is 12.1 Å². The molecule has 1 aromatic carbocycles. The smallest absolute Gasteiger partial charge is 0.510 e. The minimum atomic E-state index is -0.0578. The average molecular weight is 242 g/mol. The number of phenols is 1. The Hall–Kier alpha value is -0.110. The van der Waals surface area contributed by atoms with Gasteiger partial charge in [-0.1, -0.05) is 52.7 Å². The molecule has 0 aliphatic rings. The summed E-state index contributed by atoms with van der Waals surface area (Å²) in [5.41, 5.74) is 2.80. The van der Waals surface area contributed by atoms with Gasteiger partial charge in [0.05, 0.1) is 5.75 Å². The molecule has 0 saturated carbocycles. The van der Waals surface area contributed by atoms with E-state index in [1.165, 1.54) is 0 Å². The predicted octanol–water partition coefficient (Wildman–Crippen LogP) is 1.17. The number of benzene rings is 1. The van der Waals surface area contributed by atoms with Crippen molar-refractivity contribution < 1.29 is 34.7 Å². The van der Waals surface area contributed by atoms with Gasteiger partial charge in [-0.05, 0) is 10.8 Å². The normalized spacial score (nSPS) is 12.1. The zero-order valence-electron chi connectivity index (χ0n) is 12.3. The second-order valence-corrected chi connectivity index (χ2v) is 6.54. The summed E-state index contributed by atoms with van der Waals surface area (Å²) in [6.07, 6.45) is 0. The minimum Gasteiger partial charge on any atom is -0.510 e. The molecule has 0 atom stereocenters. The number of phenolic OH excluding ortho intramolecular Hbond substituents is 1. The van der Waals surface area contributed by atoms with Crippen LogP contribution >= 0.6 is 0 Å². The third-order valence-corrected chi connectivity index (χ3v) is 2.79. The van der Waals surface area contributed by atoms with E-state index < -0.39 is 0 Å². The fourth-order valence-electron chi connectivity index (χ4n) is 1.84. The second-order valence-electron chi connectivity index (χ2n) is 6.54. The quantitative estimate of drug-likeness (QED) is 0.535. The first-order valence-electron chi connectivity index (χ1n) is 5.73. The summed E-state index contributed by atoms with van der Waals surface area (Å²) >= 11 is 0. The molecule has 1 aromatic rings. The van der Waals surface area contributed by atoms with E-state index in [1.807, 2.05) is 12.1 Å². The van der Waals surface area contributed by atoms with Crippen molar-refractivity contribution in [2.24, 2.45) is 0 Å². The van der Waals surface area contributed by atoms with Gasteiger partial charge >= 0.3 is 29.6 Å². The Kier molecular flexibility index (Phi) is 5.22. The molecule has 0 aliphatic carbocycles. The van der Waals surface area contributed by atoms with Crippen molar-refractivity contribution in [3.05, 3.63) is 35.7 Å². The van der Waals surface area contributed by atoms with Gasteiger partial charge in [0.25, 0.3) is 0 Å². The third-order valence-electron chi connectivity index (χ3n) is 2.79. The van der Waals surface area contributed by atoms with E-state index in [9.17, 15) is 5.11 Å². The van der Waals surface area contributed by atoms with Gasteiger partial charge in [-0.2, -0.15) is 24.6 Å². The molecule has 2 heteroatoms. The first kappa shape index (κ1) is 16.9. The Balaban J connectivity index is 0.00000256. The van der Waals surface area contributed by atoms with Crippen LogP contribution in [0.4, 0.5) is 0 Å². The van der Waals surface area contributed by atoms with Crippen LogP contribution in [0.2, 0.25) is 0 Å². The maximum Gasteiger partial charge on any atom is 1.00 e. The molecule has 0 radical (unpaired) electrons. The average Bonchev–Trinajstić information content (AvgIpc) is 2.04. The van der Waals surface area contributed by atoms with Crippen LogP contribution in [-0.2, 0) is 10.8 Å². The molecule has 0 unspecified atom stereocenters. The maximum atomic E-state index is 10.4. The molecule has 1 nitrogen and oxygen atoms in total. The summed E-state index contributed by atoms with van der Waals surface area (Å²) in [6, 6.07) is 3.95. The van der Waals surface area contributed by atoms with Crippen LogP contribution in [0.5, 0.6) is 5.75 Å². The van der Waals surface area contributed by atoms with Crippen LogP contribution in [-0.4, -0.2) is 5.11 Å². The maximum absolute atomic E-state index is 10.4. The largest absolute Gasteiger partial charge is 1.00 e. The van der Waals surface area contributed by atoms with E-state index in [2.05, 4.69) is 48.5 Å². The van der Waals surface area contributed by atoms with Gasteiger partial charge in [-0.25, -0.2) is 0 Å². The van der Waals surface area contributed by atoms with Gasteiger partial charge in [0, 0.05) is 0 Å². The van der Waals surface area contributed by atoms with Crippen LogP contribution in [0, 0.1) is 6.92 Å². The van der Waals surface area contributed by atoms with Crippen molar-refractivity contribution in [1.82, 2.24) is 0 Å². The van der Waals surface area contributed by atoms with Gasteiger partial charge in [-0.3, -0.25) is 0 Å². The first-order chi connectivity index (χ1) is 7.03. The number of rotatable bonds is 0. The summed E-state index contributed by atoms with van der Waals surface area (Å²) in [4.78, 5) is 0. The van der Waals surface area contributed by atoms with Crippen molar-refractivity contribution in [2.45, 2.75) is 52.4 Å². The van der Waals surface area contributed by atoms with E-state index >= 15 is 0 Å². The standard InChI is InChI=1S/C15H23O.Na/c1-10-8-11(14(2,3)4)13(16)12(9-10)15(5,6)7;/h8-9,16H,1H2,2-7H3;/q-1;+1. The molecular weight excluding hydrogens is 219 g/mol. The first-order valence-corrected chi connectivity index (χ1v) is 5.73. The van der Waals surface area contributed by atoms with E-state index in [0.29, 0.717) is 5.75 Å². The summed E-state index contributed by atoms with van der Waals surface area (Å²) in [5, 5.41) is 10.4. The molecule has 0 fully saturated rings. The van der Waals surface area contributed by atoms with Crippen molar-refractivity contribution in [2.75, 3.05) is 0 Å². The van der Waals surface area contributed by atoms with E-state index in [1.54, 1.807) is 0 Å². The van der Waals surface area contributed by atoms with E-state index in [0.717, 1.165) is 16.7 Å². The Labute approximate surface area is 128 Å². The van der Waals surface area contributed by atoms with Crippen LogP contribution < -0.4 is 29.6 Å². The van der Waals surface area contributed by atoms with E-state index in [4.69, 9.17) is 0 Å². The Morgan fingerprint density at radius 3 is 1.41 bits per heavy atom. The molecule has 0 saturated heterocycles. The monoisotopic (exact) mass is 242 g/mol. The summed E-state index contributed by atoms with van der Waals surface area (Å²) in [6.45, 7) is 16.6. The molecule has 0 bridgehead atoms. The zero-order valence-corrected chi connectivity index (χ0v) is 14.3. The van der Waals surface area contributed by atoms with Crippen molar-refractivity contribution in [1.29, 1.82) is 0 Å². The Morgan fingerprint density at radius 2 is 1.18 bits per heavy atom. The fourth-order valence-corrected chi connectivity index (χ4v) is 1.84. The van der Waals surface area contributed by atoms with Crippen LogP contribution in [0.3, 0.4) is 0 Å². The molecule has 0 amide bonds. The topological polar surface area (TPSA) is 20.2 Å². The predicted molar refractivity (Wildman–Crippen MR) is 70.0 cm³/mol. The van der Waals surface area contributed by atoms with E-state index in [-0.39, 0.29) is 40.4 Å². The number of hydrogen-bond donors (Lipinski definition) is 1. The van der Waals surface area contributed by atoms with Gasteiger partial charge in [-0.15, -0.1) is 0 Å². The summed E-state index contributed by atoms with van der Waals surface area (Å²) in [7, 11) is 0. The zero-order chi connectivity index (χ0) is 12.7. The molecule has 0 spiro atoms. The molecule has 0 aliphatic heterocycles. The van der Waals surface area contributed by atoms with Gasteiger partial charge < -0.3 is 5.11 Å². The van der Waals surface area contributed by atoms with Crippen LogP contribution in [0.1, 0.15) is 58.2 Å². The second kappa shape index (κ2) is 5.26.